The summed E-state index contributed by atoms with van der Waals surface area (Å²) in [5.41, 5.74) is 4.08. The van der Waals surface area contributed by atoms with Crippen molar-refractivity contribution in [3.63, 3.8) is 0 Å². The minimum atomic E-state index is -0.355. The van der Waals surface area contributed by atoms with E-state index in [0.29, 0.717) is 37.4 Å². The van der Waals surface area contributed by atoms with Crippen molar-refractivity contribution < 1.29 is 19.1 Å². The molecule has 0 radical (unpaired) electrons. The number of nitriles is 1. The van der Waals surface area contributed by atoms with Gasteiger partial charge in [0.05, 0.1) is 19.2 Å². The first-order valence-corrected chi connectivity index (χ1v) is 13.8. The predicted molar refractivity (Wildman–Crippen MR) is 159 cm³/mol. The quantitative estimate of drug-likeness (QED) is 0.210. The molecule has 8 heteroatoms. The zero-order chi connectivity index (χ0) is 29.0. The molecule has 0 aliphatic carbocycles. The highest BCUT2D eigenvalue weighted by molar-refractivity contribution is 5.83. The number of aromatic nitrogens is 1. The fraction of sp³-hybridized carbons (Fsp3) is 0.303. The Labute approximate surface area is 240 Å². The minimum absolute atomic E-state index is 0.0970. The standard InChI is InChI=1S/C33H36N4O4/c1-24(38)37(21-26-10-3-6-13-32(26)40-2)22-28(19-27-20-35-31-12-5-4-11-30(27)31)36-33(39)23-41-29-16-14-25(15-17-29)9-7-8-18-34/h3-6,10-17,20,28,35H,7-9,19,21-23H2,1-2H3,(H,36,39). The number of carbonyl (C=O) groups excluding carboxylic acids is 2. The number of para-hydroxylation sites is 2. The van der Waals surface area contributed by atoms with E-state index in [0.717, 1.165) is 40.4 Å². The number of methoxy groups -OCH3 is 1. The lowest BCUT2D eigenvalue weighted by Gasteiger charge is -2.28. The topological polar surface area (TPSA) is 107 Å². The predicted octanol–water partition coefficient (Wildman–Crippen LogP) is 5.18. The lowest BCUT2D eigenvalue weighted by molar-refractivity contribution is -0.131. The summed E-state index contributed by atoms with van der Waals surface area (Å²) in [6.45, 7) is 2.06. The lowest BCUT2D eigenvalue weighted by Crippen LogP contribution is -2.47. The van der Waals surface area contributed by atoms with Gasteiger partial charge in [-0.1, -0.05) is 48.5 Å². The van der Waals surface area contributed by atoms with Gasteiger partial charge in [0.2, 0.25) is 5.91 Å². The van der Waals surface area contributed by atoms with Gasteiger partial charge in [0.25, 0.3) is 5.91 Å². The summed E-state index contributed by atoms with van der Waals surface area (Å²) in [7, 11) is 1.61. The van der Waals surface area contributed by atoms with E-state index in [1.165, 1.54) is 6.92 Å². The minimum Gasteiger partial charge on any atom is -0.496 e. The number of rotatable bonds is 14. The number of carbonyl (C=O) groups is 2. The second-order valence-corrected chi connectivity index (χ2v) is 9.98. The van der Waals surface area contributed by atoms with Gasteiger partial charge in [0.1, 0.15) is 11.5 Å². The van der Waals surface area contributed by atoms with Gasteiger partial charge in [-0.15, -0.1) is 0 Å². The van der Waals surface area contributed by atoms with Gasteiger partial charge < -0.3 is 24.7 Å². The van der Waals surface area contributed by atoms with Gasteiger partial charge in [-0.25, -0.2) is 0 Å². The molecule has 3 aromatic carbocycles. The van der Waals surface area contributed by atoms with Gasteiger partial charge in [0, 0.05) is 49.1 Å². The molecule has 1 aromatic heterocycles. The number of hydrogen-bond donors (Lipinski definition) is 2. The highest BCUT2D eigenvalue weighted by atomic mass is 16.5. The molecule has 0 saturated carbocycles. The number of aryl methyl sites for hydroxylation is 1. The molecule has 4 aromatic rings. The number of fused-ring (bicyclic) bond motifs is 1. The van der Waals surface area contributed by atoms with E-state index in [9.17, 15) is 9.59 Å². The van der Waals surface area contributed by atoms with Gasteiger partial charge in [-0.2, -0.15) is 5.26 Å². The summed E-state index contributed by atoms with van der Waals surface area (Å²) >= 11 is 0. The number of benzene rings is 3. The molecule has 0 aliphatic rings. The number of hydrogen-bond acceptors (Lipinski definition) is 5. The van der Waals surface area contributed by atoms with Crippen molar-refractivity contribution in [3.05, 3.63) is 95.7 Å². The van der Waals surface area contributed by atoms with Crippen LogP contribution in [0.5, 0.6) is 11.5 Å². The smallest absolute Gasteiger partial charge is 0.258 e. The van der Waals surface area contributed by atoms with Gasteiger partial charge in [0.15, 0.2) is 6.61 Å². The Morgan fingerprint density at radius 3 is 2.54 bits per heavy atom. The fourth-order valence-electron chi connectivity index (χ4n) is 4.88. The molecule has 0 aliphatic heterocycles. The molecule has 1 unspecified atom stereocenters. The molecule has 4 rings (SSSR count). The molecule has 0 bridgehead atoms. The molecule has 212 valence electrons. The number of unbranched alkanes of at least 4 members (excludes halogenated alkanes) is 1. The van der Waals surface area contributed by atoms with Crippen LogP contribution in [-0.4, -0.2) is 48.0 Å². The molecule has 41 heavy (non-hydrogen) atoms. The van der Waals surface area contributed by atoms with Crippen molar-refractivity contribution in [2.45, 2.75) is 45.2 Å². The summed E-state index contributed by atoms with van der Waals surface area (Å²) in [5.74, 6) is 0.938. The van der Waals surface area contributed by atoms with Crippen molar-refractivity contribution in [2.75, 3.05) is 20.3 Å². The largest absolute Gasteiger partial charge is 0.496 e. The summed E-state index contributed by atoms with van der Waals surface area (Å²) in [5, 5.41) is 12.9. The van der Waals surface area contributed by atoms with Gasteiger partial charge in [-0.3, -0.25) is 9.59 Å². The average molecular weight is 553 g/mol. The van der Waals surface area contributed by atoms with Crippen molar-refractivity contribution in [1.29, 1.82) is 5.26 Å². The molecule has 2 amide bonds. The Bertz CT molecular complexity index is 1490. The molecule has 0 spiro atoms. The molecule has 8 nitrogen and oxygen atoms in total. The Kier molecular flexibility index (Phi) is 10.4. The highest BCUT2D eigenvalue weighted by Gasteiger charge is 2.22. The molecule has 0 fully saturated rings. The van der Waals surface area contributed by atoms with E-state index in [-0.39, 0.29) is 24.5 Å². The number of amides is 2. The second kappa shape index (κ2) is 14.6. The normalized spacial score (nSPS) is 11.4. The Balaban J connectivity index is 1.45. The zero-order valence-electron chi connectivity index (χ0n) is 23.6. The van der Waals surface area contributed by atoms with Gasteiger partial charge in [-0.05, 0) is 54.7 Å². The first-order valence-electron chi connectivity index (χ1n) is 13.8. The summed E-state index contributed by atoms with van der Waals surface area (Å²) in [6.07, 6.45) is 4.65. The molecule has 2 N–H and O–H groups in total. The third kappa shape index (κ3) is 8.36. The van der Waals surface area contributed by atoms with Crippen LogP contribution in [0.2, 0.25) is 0 Å². The van der Waals surface area contributed by atoms with Crippen LogP contribution in [0.3, 0.4) is 0 Å². The summed E-state index contributed by atoms with van der Waals surface area (Å²) in [6, 6.07) is 25.0. The van der Waals surface area contributed by atoms with E-state index >= 15 is 0 Å². The maximum absolute atomic E-state index is 13.1. The third-order valence-electron chi connectivity index (χ3n) is 6.99. The number of H-pyrrole nitrogens is 1. The number of ether oxygens (including phenoxy) is 2. The van der Waals surface area contributed by atoms with E-state index in [1.807, 2.05) is 79.0 Å². The van der Waals surface area contributed by atoms with Crippen molar-refractivity contribution in [2.24, 2.45) is 0 Å². The highest BCUT2D eigenvalue weighted by Crippen LogP contribution is 2.22. The van der Waals surface area contributed by atoms with Crippen LogP contribution in [0.25, 0.3) is 10.9 Å². The van der Waals surface area contributed by atoms with Crippen molar-refractivity contribution >= 4 is 22.7 Å². The van der Waals surface area contributed by atoms with Crippen LogP contribution in [0.15, 0.2) is 79.0 Å². The molecular weight excluding hydrogens is 516 g/mol. The van der Waals surface area contributed by atoms with Crippen LogP contribution >= 0.6 is 0 Å². The summed E-state index contributed by atoms with van der Waals surface area (Å²) < 4.78 is 11.3. The number of aromatic amines is 1. The number of nitrogens with one attached hydrogen (secondary N) is 2. The Morgan fingerprint density at radius 1 is 1.02 bits per heavy atom. The van der Waals surface area contributed by atoms with Gasteiger partial charge >= 0.3 is 0 Å². The molecular formula is C33H36N4O4. The van der Waals surface area contributed by atoms with Crippen LogP contribution in [0, 0.1) is 11.3 Å². The van der Waals surface area contributed by atoms with E-state index in [1.54, 1.807) is 12.0 Å². The second-order valence-electron chi connectivity index (χ2n) is 9.98. The number of nitrogens with zero attached hydrogens (tertiary/aromatic N) is 2. The van der Waals surface area contributed by atoms with E-state index in [2.05, 4.69) is 16.4 Å². The van der Waals surface area contributed by atoms with Crippen molar-refractivity contribution in [3.8, 4) is 17.6 Å². The molecule has 0 saturated heterocycles. The fourth-order valence-corrected chi connectivity index (χ4v) is 4.88. The van der Waals surface area contributed by atoms with Crippen molar-refractivity contribution in [1.82, 2.24) is 15.2 Å². The Morgan fingerprint density at radius 2 is 1.78 bits per heavy atom. The monoisotopic (exact) mass is 552 g/mol. The SMILES string of the molecule is COc1ccccc1CN(CC(Cc1c[nH]c2ccccc12)NC(=O)COc1ccc(CCCC#N)cc1)C(C)=O. The third-order valence-corrected chi connectivity index (χ3v) is 6.99. The van der Waals surface area contributed by atoms with E-state index < -0.39 is 0 Å². The van der Waals surface area contributed by atoms with Crippen LogP contribution in [0.1, 0.15) is 36.5 Å². The Hall–Kier alpha value is -4.77. The molecule has 1 heterocycles. The maximum Gasteiger partial charge on any atom is 0.258 e. The summed E-state index contributed by atoms with van der Waals surface area (Å²) in [4.78, 5) is 30.8. The van der Waals surface area contributed by atoms with Crippen LogP contribution in [-0.2, 0) is 29.0 Å². The van der Waals surface area contributed by atoms with Crippen LogP contribution < -0.4 is 14.8 Å². The first-order chi connectivity index (χ1) is 20.0. The lowest BCUT2D eigenvalue weighted by atomic mass is 10.0. The zero-order valence-corrected chi connectivity index (χ0v) is 23.6. The molecule has 1 atom stereocenters. The first kappa shape index (κ1) is 29.2. The van der Waals surface area contributed by atoms with Crippen LogP contribution in [0.4, 0.5) is 0 Å². The maximum atomic E-state index is 13.1. The van der Waals surface area contributed by atoms with E-state index in [4.69, 9.17) is 14.7 Å². The average Bonchev–Trinajstić information content (AvgIpc) is 3.39.